The molecule has 1 fully saturated rings. The molecule has 1 aliphatic carbocycles. The molecule has 0 spiro atoms. The number of urea groups is 1. The summed E-state index contributed by atoms with van der Waals surface area (Å²) in [6.07, 6.45) is -2.96. The summed E-state index contributed by atoms with van der Waals surface area (Å²) < 4.78 is 73.9. The highest BCUT2D eigenvalue weighted by Gasteiger charge is 2.51. The van der Waals surface area contributed by atoms with E-state index in [0.29, 0.717) is 24.8 Å². The Bertz CT molecular complexity index is 993. The molecule has 0 radical (unpaired) electrons. The molecule has 0 aromatic heterocycles. The second kappa shape index (κ2) is 7.69. The average molecular weight is 440 g/mol. The second-order valence-electron chi connectivity index (χ2n) is 8.25. The van der Waals surface area contributed by atoms with Crippen molar-refractivity contribution in [2.45, 2.75) is 43.3 Å². The monoisotopic (exact) mass is 440 g/mol. The molecule has 0 unspecified atom stereocenters. The highest BCUT2D eigenvalue weighted by molar-refractivity contribution is 5.72. The fourth-order valence-corrected chi connectivity index (χ4v) is 5.03. The van der Waals surface area contributed by atoms with Crippen molar-refractivity contribution in [1.29, 1.82) is 0 Å². The van der Waals surface area contributed by atoms with E-state index in [9.17, 15) is 22.4 Å². The van der Waals surface area contributed by atoms with E-state index in [1.165, 1.54) is 12.1 Å². The molecule has 3 atom stereocenters. The molecule has 2 aliphatic rings. The Morgan fingerprint density at radius 1 is 1.13 bits per heavy atom. The smallest absolute Gasteiger partial charge is 0.416 e. The van der Waals surface area contributed by atoms with Crippen LogP contribution in [0.4, 0.5) is 26.7 Å². The predicted molar refractivity (Wildman–Crippen MR) is 103 cm³/mol. The summed E-state index contributed by atoms with van der Waals surface area (Å²) in [5.41, 5.74) is 4.27. The van der Waals surface area contributed by atoms with Gasteiger partial charge in [-0.2, -0.15) is 13.2 Å². The number of fused-ring (bicyclic) bond motifs is 3. The zero-order chi connectivity index (χ0) is 22.4. The largest absolute Gasteiger partial charge is 0.490 e. The van der Waals surface area contributed by atoms with Gasteiger partial charge in [-0.1, -0.05) is 12.1 Å². The molecule has 1 heterocycles. The normalized spacial score (nSPS) is 25.2. The number of amides is 2. The lowest BCUT2D eigenvalue weighted by molar-refractivity contribution is -0.137. The van der Waals surface area contributed by atoms with Crippen molar-refractivity contribution in [3.63, 3.8) is 0 Å². The zero-order valence-electron chi connectivity index (χ0n) is 16.4. The van der Waals surface area contributed by atoms with Gasteiger partial charge in [-0.05, 0) is 55.5 Å². The SMILES string of the molecule is NC(=O)N[C@@H]1CC[C@@]2(Cc3ccc(C(F)(F)F)cc3)c3c(F)ccc(F)c3OC[C@H]2C1. The van der Waals surface area contributed by atoms with Crippen LogP contribution in [0.15, 0.2) is 36.4 Å². The first-order chi connectivity index (χ1) is 14.6. The van der Waals surface area contributed by atoms with Crippen LogP contribution in [0.25, 0.3) is 0 Å². The highest BCUT2D eigenvalue weighted by atomic mass is 19.4. The van der Waals surface area contributed by atoms with Crippen molar-refractivity contribution in [2.24, 2.45) is 11.7 Å². The van der Waals surface area contributed by atoms with Crippen molar-refractivity contribution < 1.29 is 31.5 Å². The van der Waals surface area contributed by atoms with E-state index in [4.69, 9.17) is 10.5 Å². The summed E-state index contributed by atoms with van der Waals surface area (Å²) in [5.74, 6) is -1.73. The minimum absolute atomic E-state index is 0.102. The summed E-state index contributed by atoms with van der Waals surface area (Å²) in [4.78, 5) is 11.3. The van der Waals surface area contributed by atoms with Gasteiger partial charge in [0.1, 0.15) is 5.82 Å². The van der Waals surface area contributed by atoms with E-state index in [-0.39, 0.29) is 36.3 Å². The van der Waals surface area contributed by atoms with Crippen molar-refractivity contribution >= 4 is 6.03 Å². The van der Waals surface area contributed by atoms with Crippen molar-refractivity contribution in [1.82, 2.24) is 5.32 Å². The Hall–Kier alpha value is -2.84. The number of nitrogens with one attached hydrogen (secondary N) is 1. The van der Waals surface area contributed by atoms with Crippen LogP contribution in [0.1, 0.15) is 36.0 Å². The molecule has 2 aromatic rings. The lowest BCUT2D eigenvalue weighted by atomic mass is 9.58. The fraction of sp³-hybridized carbons (Fsp3) is 0.409. The van der Waals surface area contributed by atoms with E-state index >= 15 is 4.39 Å². The summed E-state index contributed by atoms with van der Waals surface area (Å²) in [7, 11) is 0. The molecule has 3 N–H and O–H groups in total. The Balaban J connectivity index is 1.75. The predicted octanol–water partition coefficient (Wildman–Crippen LogP) is 4.69. The molecule has 4 nitrogen and oxygen atoms in total. The van der Waals surface area contributed by atoms with Gasteiger partial charge in [-0.3, -0.25) is 0 Å². The number of halogens is 5. The lowest BCUT2D eigenvalue weighted by Gasteiger charge is -2.50. The number of primary amides is 1. The van der Waals surface area contributed by atoms with Gasteiger partial charge in [0, 0.05) is 22.9 Å². The minimum atomic E-state index is -4.46. The molecule has 0 bridgehead atoms. The first kappa shape index (κ1) is 21.4. The summed E-state index contributed by atoms with van der Waals surface area (Å²) in [5, 5.41) is 2.66. The molecular formula is C22H21F5N2O2. The van der Waals surface area contributed by atoms with Gasteiger partial charge in [0.2, 0.25) is 0 Å². The number of hydrogen-bond acceptors (Lipinski definition) is 2. The second-order valence-corrected chi connectivity index (χ2v) is 8.25. The third-order valence-corrected chi connectivity index (χ3v) is 6.42. The number of carbonyl (C=O) groups is 1. The van der Waals surface area contributed by atoms with Crippen LogP contribution in [-0.2, 0) is 18.0 Å². The minimum Gasteiger partial charge on any atom is -0.490 e. The molecule has 1 aliphatic heterocycles. The summed E-state index contributed by atoms with van der Waals surface area (Å²) in [6, 6.07) is 5.85. The van der Waals surface area contributed by atoms with Gasteiger partial charge >= 0.3 is 12.2 Å². The third kappa shape index (κ3) is 3.93. The Morgan fingerprint density at radius 2 is 1.81 bits per heavy atom. The van der Waals surface area contributed by atoms with Crippen LogP contribution < -0.4 is 15.8 Å². The van der Waals surface area contributed by atoms with Gasteiger partial charge in [0.15, 0.2) is 11.6 Å². The molecule has 2 aromatic carbocycles. The first-order valence-corrected chi connectivity index (χ1v) is 9.93. The Kier molecular flexibility index (Phi) is 5.31. The molecule has 9 heteroatoms. The average Bonchev–Trinajstić information content (AvgIpc) is 2.70. The number of rotatable bonds is 3. The Morgan fingerprint density at radius 3 is 2.45 bits per heavy atom. The van der Waals surface area contributed by atoms with E-state index in [1.54, 1.807) is 0 Å². The summed E-state index contributed by atoms with van der Waals surface area (Å²) >= 11 is 0. The van der Waals surface area contributed by atoms with Crippen molar-refractivity contribution in [3.8, 4) is 5.75 Å². The Labute approximate surface area is 175 Å². The van der Waals surface area contributed by atoms with Gasteiger partial charge in [-0.25, -0.2) is 13.6 Å². The topological polar surface area (TPSA) is 64.4 Å². The van der Waals surface area contributed by atoms with Crippen LogP contribution in [0.5, 0.6) is 5.75 Å². The van der Waals surface area contributed by atoms with Crippen LogP contribution in [0, 0.1) is 17.6 Å². The number of hydrogen-bond donors (Lipinski definition) is 2. The molecule has 1 saturated carbocycles. The molecule has 31 heavy (non-hydrogen) atoms. The maximum Gasteiger partial charge on any atom is 0.416 e. The third-order valence-electron chi connectivity index (χ3n) is 6.42. The number of alkyl halides is 3. The number of ether oxygens (including phenoxy) is 1. The van der Waals surface area contributed by atoms with Crippen molar-refractivity contribution in [2.75, 3.05) is 6.61 Å². The van der Waals surface area contributed by atoms with Gasteiger partial charge in [-0.15, -0.1) is 0 Å². The van der Waals surface area contributed by atoms with E-state index < -0.39 is 34.8 Å². The number of nitrogens with two attached hydrogens (primary N) is 1. The standard InChI is InChI=1S/C22H21F5N2O2/c23-16-5-6-17(24)19-18(16)21(10-12-1-3-13(4-2-12)22(25,26)27)8-7-15(29-20(28)30)9-14(21)11-31-19/h1-6,14-15H,7-11H2,(H3,28,29,30)/t14-,15-,21+/m1/s1. The quantitative estimate of drug-likeness (QED) is 0.680. The fourth-order valence-electron chi connectivity index (χ4n) is 5.03. The van der Waals surface area contributed by atoms with Crippen LogP contribution in [-0.4, -0.2) is 18.7 Å². The lowest BCUT2D eigenvalue weighted by Crippen LogP contribution is -2.53. The number of benzene rings is 2. The van der Waals surface area contributed by atoms with E-state index in [0.717, 1.165) is 24.3 Å². The molecule has 166 valence electrons. The summed E-state index contributed by atoms with van der Waals surface area (Å²) in [6.45, 7) is 0.102. The van der Waals surface area contributed by atoms with Crippen LogP contribution in [0.2, 0.25) is 0 Å². The van der Waals surface area contributed by atoms with Gasteiger partial charge < -0.3 is 15.8 Å². The molecule has 2 amide bonds. The van der Waals surface area contributed by atoms with Gasteiger partial charge in [0.25, 0.3) is 0 Å². The van der Waals surface area contributed by atoms with E-state index in [1.807, 2.05) is 0 Å². The maximum absolute atomic E-state index is 15.0. The van der Waals surface area contributed by atoms with Crippen LogP contribution in [0.3, 0.4) is 0 Å². The highest BCUT2D eigenvalue weighted by Crippen LogP contribution is 2.53. The van der Waals surface area contributed by atoms with E-state index in [2.05, 4.69) is 5.32 Å². The molecule has 0 saturated heterocycles. The van der Waals surface area contributed by atoms with Gasteiger partial charge in [0.05, 0.1) is 12.2 Å². The maximum atomic E-state index is 15.0. The molecular weight excluding hydrogens is 419 g/mol. The zero-order valence-corrected chi connectivity index (χ0v) is 16.4. The van der Waals surface area contributed by atoms with Crippen LogP contribution >= 0.6 is 0 Å². The number of carbonyl (C=O) groups excluding carboxylic acids is 1. The first-order valence-electron chi connectivity index (χ1n) is 9.93. The van der Waals surface area contributed by atoms with Crippen molar-refractivity contribution in [3.05, 3.63) is 64.7 Å². The molecule has 4 rings (SSSR count).